The van der Waals surface area contributed by atoms with E-state index in [1.54, 1.807) is 12.3 Å². The molecule has 0 unspecified atom stereocenters. The van der Waals surface area contributed by atoms with E-state index in [1.807, 2.05) is 19.9 Å². The molecule has 0 saturated heterocycles. The Balaban J connectivity index is 2.47. The number of amides is 1. The number of allylic oxidation sites excluding steroid dienone is 1. The normalized spacial score (nSPS) is 9.57. The number of H-pyrrole nitrogens is 1. The molecule has 0 fully saturated rings. The monoisotopic (exact) mass is 193 g/mol. The van der Waals surface area contributed by atoms with Crippen molar-refractivity contribution in [3.8, 4) is 0 Å². The number of hydrogen-bond donors (Lipinski definition) is 3. The second-order valence-electron chi connectivity index (χ2n) is 3.34. The van der Waals surface area contributed by atoms with Crippen LogP contribution in [0.2, 0.25) is 0 Å². The van der Waals surface area contributed by atoms with Crippen LogP contribution >= 0.6 is 0 Å². The summed E-state index contributed by atoms with van der Waals surface area (Å²) in [7, 11) is 0. The fourth-order valence-corrected chi connectivity index (χ4v) is 0.985. The van der Waals surface area contributed by atoms with E-state index in [-0.39, 0.29) is 5.91 Å². The summed E-state index contributed by atoms with van der Waals surface area (Å²) >= 11 is 0. The first kappa shape index (κ1) is 10.4. The molecule has 0 aliphatic rings. The van der Waals surface area contributed by atoms with Gasteiger partial charge in [0.2, 0.25) is 0 Å². The number of aromatic amines is 1. The molecule has 4 nitrogen and oxygen atoms in total. The van der Waals surface area contributed by atoms with Crippen LogP contribution in [0.5, 0.6) is 0 Å². The SMILES string of the molecule is CC(C)=CCNC(=O)c1cc(N)c[nH]1. The molecule has 0 aliphatic carbocycles. The van der Waals surface area contributed by atoms with Crippen molar-refractivity contribution in [1.29, 1.82) is 0 Å². The molecule has 0 aliphatic heterocycles. The van der Waals surface area contributed by atoms with Gasteiger partial charge in [0.1, 0.15) is 5.69 Å². The first-order valence-electron chi connectivity index (χ1n) is 4.45. The van der Waals surface area contributed by atoms with Crippen LogP contribution in [0, 0.1) is 0 Å². The number of carbonyl (C=O) groups excluding carboxylic acids is 1. The summed E-state index contributed by atoms with van der Waals surface area (Å²) in [5, 5.41) is 2.74. The molecule has 1 rings (SSSR count). The average Bonchev–Trinajstić information content (AvgIpc) is 2.51. The number of carbonyl (C=O) groups is 1. The fourth-order valence-electron chi connectivity index (χ4n) is 0.985. The van der Waals surface area contributed by atoms with Gasteiger partial charge < -0.3 is 16.0 Å². The molecule has 1 amide bonds. The van der Waals surface area contributed by atoms with Gasteiger partial charge in [-0.15, -0.1) is 0 Å². The summed E-state index contributed by atoms with van der Waals surface area (Å²) in [5.41, 5.74) is 7.70. The first-order valence-corrected chi connectivity index (χ1v) is 4.45. The minimum atomic E-state index is -0.140. The van der Waals surface area contributed by atoms with Crippen LogP contribution in [0.15, 0.2) is 23.9 Å². The fraction of sp³-hybridized carbons (Fsp3) is 0.300. The van der Waals surface area contributed by atoms with E-state index in [2.05, 4.69) is 10.3 Å². The lowest BCUT2D eigenvalue weighted by atomic mass is 10.3. The van der Waals surface area contributed by atoms with Crippen molar-refractivity contribution in [3.05, 3.63) is 29.6 Å². The molecule has 14 heavy (non-hydrogen) atoms. The topological polar surface area (TPSA) is 70.9 Å². The smallest absolute Gasteiger partial charge is 0.268 e. The van der Waals surface area contributed by atoms with Gasteiger partial charge in [0, 0.05) is 18.4 Å². The molecule has 0 spiro atoms. The van der Waals surface area contributed by atoms with Gasteiger partial charge in [-0.25, -0.2) is 0 Å². The standard InChI is InChI=1S/C10H15N3O/c1-7(2)3-4-12-10(14)9-5-8(11)6-13-9/h3,5-6,13H,4,11H2,1-2H3,(H,12,14). The number of nitrogens with one attached hydrogen (secondary N) is 2. The Kier molecular flexibility index (Phi) is 3.34. The summed E-state index contributed by atoms with van der Waals surface area (Å²) in [5.74, 6) is -0.140. The second kappa shape index (κ2) is 4.50. The number of hydrogen-bond acceptors (Lipinski definition) is 2. The van der Waals surface area contributed by atoms with E-state index < -0.39 is 0 Å². The molecule has 1 aromatic rings. The zero-order valence-electron chi connectivity index (χ0n) is 8.42. The number of aromatic nitrogens is 1. The van der Waals surface area contributed by atoms with Crippen LogP contribution < -0.4 is 11.1 Å². The predicted molar refractivity (Wildman–Crippen MR) is 57.0 cm³/mol. The van der Waals surface area contributed by atoms with Crippen LogP contribution in [-0.4, -0.2) is 17.4 Å². The molecule has 1 heterocycles. The minimum Gasteiger partial charge on any atom is -0.397 e. The maximum atomic E-state index is 11.4. The Bertz CT molecular complexity index is 348. The lowest BCUT2D eigenvalue weighted by Gasteiger charge is -1.99. The van der Waals surface area contributed by atoms with E-state index in [9.17, 15) is 4.79 Å². The third kappa shape index (κ3) is 2.97. The van der Waals surface area contributed by atoms with E-state index in [0.29, 0.717) is 17.9 Å². The van der Waals surface area contributed by atoms with E-state index in [1.165, 1.54) is 5.57 Å². The second-order valence-corrected chi connectivity index (χ2v) is 3.34. The van der Waals surface area contributed by atoms with Crippen molar-refractivity contribution in [2.45, 2.75) is 13.8 Å². The third-order valence-corrected chi connectivity index (χ3v) is 1.72. The van der Waals surface area contributed by atoms with Crippen LogP contribution in [0.25, 0.3) is 0 Å². The zero-order chi connectivity index (χ0) is 10.6. The summed E-state index contributed by atoms with van der Waals surface area (Å²) in [4.78, 5) is 14.2. The lowest BCUT2D eigenvalue weighted by Crippen LogP contribution is -2.23. The molecule has 0 bridgehead atoms. The van der Waals surface area contributed by atoms with Crippen LogP contribution in [0.1, 0.15) is 24.3 Å². The zero-order valence-corrected chi connectivity index (χ0v) is 8.42. The molecule has 0 aromatic carbocycles. The molecule has 76 valence electrons. The maximum absolute atomic E-state index is 11.4. The van der Waals surface area contributed by atoms with Gasteiger partial charge in [-0.05, 0) is 19.9 Å². The predicted octanol–water partition coefficient (Wildman–Crippen LogP) is 1.29. The molecule has 4 N–H and O–H groups in total. The average molecular weight is 193 g/mol. The molecular formula is C10H15N3O. The Morgan fingerprint density at radius 2 is 2.36 bits per heavy atom. The molecule has 0 saturated carbocycles. The van der Waals surface area contributed by atoms with Crippen LogP contribution in [0.3, 0.4) is 0 Å². The summed E-state index contributed by atoms with van der Waals surface area (Å²) in [6.45, 7) is 4.51. The van der Waals surface area contributed by atoms with Crippen molar-refractivity contribution < 1.29 is 4.79 Å². The van der Waals surface area contributed by atoms with Gasteiger partial charge in [-0.1, -0.05) is 11.6 Å². The molecule has 0 atom stereocenters. The minimum absolute atomic E-state index is 0.140. The summed E-state index contributed by atoms with van der Waals surface area (Å²) < 4.78 is 0. The van der Waals surface area contributed by atoms with Crippen LogP contribution in [-0.2, 0) is 0 Å². The van der Waals surface area contributed by atoms with Crippen molar-refractivity contribution >= 4 is 11.6 Å². The summed E-state index contributed by atoms with van der Waals surface area (Å²) in [6, 6.07) is 1.61. The first-order chi connectivity index (χ1) is 6.59. The lowest BCUT2D eigenvalue weighted by molar-refractivity contribution is 0.0953. The molecule has 1 aromatic heterocycles. The van der Waals surface area contributed by atoms with Crippen LogP contribution in [0.4, 0.5) is 5.69 Å². The number of nitrogen functional groups attached to an aromatic ring is 1. The van der Waals surface area contributed by atoms with Gasteiger partial charge in [0.05, 0.1) is 0 Å². The number of rotatable bonds is 3. The Morgan fingerprint density at radius 1 is 1.64 bits per heavy atom. The number of nitrogens with two attached hydrogens (primary N) is 1. The molecule has 0 radical (unpaired) electrons. The molecular weight excluding hydrogens is 178 g/mol. The third-order valence-electron chi connectivity index (χ3n) is 1.72. The van der Waals surface area contributed by atoms with Gasteiger partial charge in [0.15, 0.2) is 0 Å². The highest BCUT2D eigenvalue weighted by Crippen LogP contribution is 2.03. The van der Waals surface area contributed by atoms with Crippen molar-refractivity contribution in [3.63, 3.8) is 0 Å². The molecule has 4 heteroatoms. The number of anilines is 1. The van der Waals surface area contributed by atoms with Gasteiger partial charge in [-0.3, -0.25) is 4.79 Å². The quantitative estimate of drug-likeness (QED) is 0.633. The highest BCUT2D eigenvalue weighted by molar-refractivity contribution is 5.93. The van der Waals surface area contributed by atoms with E-state index >= 15 is 0 Å². The van der Waals surface area contributed by atoms with Gasteiger partial charge in [0.25, 0.3) is 5.91 Å². The van der Waals surface area contributed by atoms with Gasteiger partial charge >= 0.3 is 0 Å². The summed E-state index contributed by atoms with van der Waals surface area (Å²) in [6.07, 6.45) is 3.54. The highest BCUT2D eigenvalue weighted by Gasteiger charge is 2.05. The van der Waals surface area contributed by atoms with Crippen molar-refractivity contribution in [1.82, 2.24) is 10.3 Å². The van der Waals surface area contributed by atoms with Crippen molar-refractivity contribution in [2.24, 2.45) is 0 Å². The van der Waals surface area contributed by atoms with Crippen molar-refractivity contribution in [2.75, 3.05) is 12.3 Å². The Hall–Kier alpha value is -1.71. The van der Waals surface area contributed by atoms with Gasteiger partial charge in [-0.2, -0.15) is 0 Å². The van der Waals surface area contributed by atoms with E-state index in [4.69, 9.17) is 5.73 Å². The largest absolute Gasteiger partial charge is 0.397 e. The Morgan fingerprint density at radius 3 is 2.86 bits per heavy atom. The Labute approximate surface area is 83.2 Å². The van der Waals surface area contributed by atoms with E-state index in [0.717, 1.165) is 0 Å². The maximum Gasteiger partial charge on any atom is 0.268 e. The highest BCUT2D eigenvalue weighted by atomic mass is 16.1.